The zero-order valence-electron chi connectivity index (χ0n) is 8.68. The summed E-state index contributed by atoms with van der Waals surface area (Å²) < 4.78 is 0. The van der Waals surface area contributed by atoms with Crippen LogP contribution in [0.2, 0.25) is 0 Å². The van der Waals surface area contributed by atoms with Gasteiger partial charge in [0.05, 0.1) is 37.3 Å². The molecule has 0 aliphatic heterocycles. The van der Waals surface area contributed by atoms with Crippen LogP contribution in [0.3, 0.4) is 0 Å². The molecule has 0 aliphatic carbocycles. The fraction of sp³-hybridized carbons (Fsp3) is 0.889. The lowest BCUT2D eigenvalue weighted by atomic mass is 9.63. The molecule has 6 heteroatoms. The van der Waals surface area contributed by atoms with Crippen LogP contribution in [-0.4, -0.2) is 64.4 Å². The topological polar surface area (TPSA) is 118 Å². The van der Waals surface area contributed by atoms with Gasteiger partial charge in [-0.15, -0.1) is 0 Å². The van der Waals surface area contributed by atoms with Gasteiger partial charge in [0, 0.05) is 0 Å². The Morgan fingerprint density at radius 2 is 1.33 bits per heavy atom. The lowest BCUT2D eigenvalue weighted by Gasteiger charge is -2.42. The number of hydrogen-bond donors (Lipinski definition) is 5. The summed E-state index contributed by atoms with van der Waals surface area (Å²) in [5.41, 5.74) is -3.11. The van der Waals surface area contributed by atoms with Gasteiger partial charge in [-0.2, -0.15) is 0 Å². The summed E-state index contributed by atoms with van der Waals surface area (Å²) in [6.07, 6.45) is 0. The van der Waals surface area contributed by atoms with Gasteiger partial charge >= 0.3 is 0 Å². The number of aliphatic hydroxyl groups is 5. The molecule has 0 aromatic heterocycles. The number of carbonyl (C=O) groups excluding carboxylic acids is 1. The Morgan fingerprint density at radius 1 is 0.933 bits per heavy atom. The van der Waals surface area contributed by atoms with E-state index < -0.39 is 49.6 Å². The molecule has 15 heavy (non-hydrogen) atoms. The molecule has 0 aromatic rings. The SMILES string of the molecule is CC(CO)(C(=O)CO)C(CO)(CO)CO. The van der Waals surface area contributed by atoms with Crippen LogP contribution < -0.4 is 0 Å². The van der Waals surface area contributed by atoms with Crippen LogP contribution in [0.5, 0.6) is 0 Å². The molecule has 0 aliphatic rings. The van der Waals surface area contributed by atoms with Crippen molar-refractivity contribution in [3.63, 3.8) is 0 Å². The van der Waals surface area contributed by atoms with Crippen molar-refractivity contribution in [3.05, 3.63) is 0 Å². The van der Waals surface area contributed by atoms with Crippen LogP contribution in [0.4, 0.5) is 0 Å². The number of hydrogen-bond acceptors (Lipinski definition) is 6. The number of rotatable bonds is 7. The molecule has 0 bridgehead atoms. The monoisotopic (exact) mass is 222 g/mol. The maximum Gasteiger partial charge on any atom is 0.167 e. The molecule has 0 saturated heterocycles. The van der Waals surface area contributed by atoms with Gasteiger partial charge in [-0.1, -0.05) is 0 Å². The van der Waals surface area contributed by atoms with Crippen LogP contribution in [0.25, 0.3) is 0 Å². The van der Waals surface area contributed by atoms with Crippen molar-refractivity contribution >= 4 is 5.78 Å². The average molecular weight is 222 g/mol. The molecule has 0 heterocycles. The molecule has 6 nitrogen and oxygen atoms in total. The van der Waals surface area contributed by atoms with Crippen molar-refractivity contribution < 1.29 is 30.3 Å². The van der Waals surface area contributed by atoms with E-state index in [-0.39, 0.29) is 0 Å². The third-order valence-corrected chi connectivity index (χ3v) is 3.15. The predicted molar refractivity (Wildman–Crippen MR) is 51.0 cm³/mol. The molecular formula is C9H18O6. The van der Waals surface area contributed by atoms with Crippen LogP contribution >= 0.6 is 0 Å². The second-order valence-electron chi connectivity index (χ2n) is 3.83. The van der Waals surface area contributed by atoms with E-state index in [0.29, 0.717) is 0 Å². The Labute approximate surface area is 87.8 Å². The lowest BCUT2D eigenvalue weighted by molar-refractivity contribution is -0.157. The minimum Gasteiger partial charge on any atom is -0.396 e. The van der Waals surface area contributed by atoms with E-state index >= 15 is 0 Å². The molecule has 0 saturated carbocycles. The third-order valence-electron chi connectivity index (χ3n) is 3.15. The van der Waals surface area contributed by atoms with E-state index in [9.17, 15) is 4.79 Å². The van der Waals surface area contributed by atoms with E-state index in [0.717, 1.165) is 0 Å². The number of Topliss-reactive ketones (excluding diaryl/α,β-unsaturated/α-hetero) is 1. The first-order valence-corrected chi connectivity index (χ1v) is 4.55. The van der Waals surface area contributed by atoms with Gasteiger partial charge in [-0.25, -0.2) is 0 Å². The molecular weight excluding hydrogens is 204 g/mol. The largest absolute Gasteiger partial charge is 0.396 e. The zero-order valence-corrected chi connectivity index (χ0v) is 8.68. The molecule has 0 amide bonds. The van der Waals surface area contributed by atoms with E-state index in [4.69, 9.17) is 25.5 Å². The third kappa shape index (κ3) is 2.19. The molecule has 0 fully saturated rings. The summed E-state index contributed by atoms with van der Waals surface area (Å²) in [6, 6.07) is 0. The molecule has 90 valence electrons. The van der Waals surface area contributed by atoms with Gasteiger partial charge < -0.3 is 25.5 Å². The zero-order chi connectivity index (χ0) is 12.1. The first-order chi connectivity index (χ1) is 6.97. The van der Waals surface area contributed by atoms with Crippen LogP contribution in [0.1, 0.15) is 6.92 Å². The maximum absolute atomic E-state index is 11.4. The quantitative estimate of drug-likeness (QED) is 0.325. The second kappa shape index (κ2) is 5.53. The van der Waals surface area contributed by atoms with Crippen molar-refractivity contribution in [2.45, 2.75) is 6.92 Å². The van der Waals surface area contributed by atoms with Crippen molar-refractivity contribution in [1.82, 2.24) is 0 Å². The lowest BCUT2D eigenvalue weighted by Crippen LogP contribution is -2.55. The second-order valence-corrected chi connectivity index (χ2v) is 3.83. The van der Waals surface area contributed by atoms with Crippen molar-refractivity contribution in [2.24, 2.45) is 10.8 Å². The summed E-state index contributed by atoms with van der Waals surface area (Å²) in [5, 5.41) is 45.3. The highest BCUT2D eigenvalue weighted by Crippen LogP contribution is 2.39. The average Bonchev–Trinajstić information content (AvgIpc) is 2.30. The van der Waals surface area contributed by atoms with E-state index in [1.807, 2.05) is 0 Å². The Kier molecular flexibility index (Phi) is 5.33. The Bertz CT molecular complexity index is 204. The standard InChI is InChI=1S/C9H18O6/c1-8(3-11,7(15)2-10)9(4-12,5-13)6-14/h10-14H,2-6H2,1H3. The highest BCUT2D eigenvalue weighted by Gasteiger charge is 2.51. The highest BCUT2D eigenvalue weighted by atomic mass is 16.3. The van der Waals surface area contributed by atoms with Gasteiger partial charge in [0.15, 0.2) is 5.78 Å². The minimum atomic E-state index is -1.57. The van der Waals surface area contributed by atoms with Crippen LogP contribution in [-0.2, 0) is 4.79 Å². The molecule has 5 N–H and O–H groups in total. The maximum atomic E-state index is 11.4. The molecule has 0 spiro atoms. The fourth-order valence-corrected chi connectivity index (χ4v) is 1.40. The fourth-order valence-electron chi connectivity index (χ4n) is 1.40. The number of ketones is 1. The summed E-state index contributed by atoms with van der Waals surface area (Å²) >= 11 is 0. The molecule has 0 rings (SSSR count). The van der Waals surface area contributed by atoms with Crippen LogP contribution in [0, 0.1) is 10.8 Å². The first-order valence-electron chi connectivity index (χ1n) is 4.55. The molecule has 1 unspecified atom stereocenters. The summed E-state index contributed by atoms with van der Waals surface area (Å²) in [7, 11) is 0. The Hall–Kier alpha value is -0.530. The summed E-state index contributed by atoms with van der Waals surface area (Å²) in [6.45, 7) is -2.20. The van der Waals surface area contributed by atoms with Crippen molar-refractivity contribution in [2.75, 3.05) is 33.0 Å². The van der Waals surface area contributed by atoms with Crippen molar-refractivity contribution in [1.29, 1.82) is 0 Å². The normalized spacial score (nSPS) is 16.1. The Morgan fingerprint density at radius 3 is 1.53 bits per heavy atom. The van der Waals surface area contributed by atoms with Gasteiger partial charge in [0.25, 0.3) is 0 Å². The molecule has 0 radical (unpaired) electrons. The van der Waals surface area contributed by atoms with Crippen molar-refractivity contribution in [3.8, 4) is 0 Å². The predicted octanol–water partition coefficient (Wildman–Crippen LogP) is -2.49. The highest BCUT2D eigenvalue weighted by molar-refractivity contribution is 5.86. The molecule has 1 atom stereocenters. The van der Waals surface area contributed by atoms with Gasteiger partial charge in [-0.3, -0.25) is 4.79 Å². The number of carbonyl (C=O) groups is 1. The van der Waals surface area contributed by atoms with E-state index in [2.05, 4.69) is 0 Å². The summed E-state index contributed by atoms with van der Waals surface area (Å²) in [4.78, 5) is 11.4. The van der Waals surface area contributed by atoms with Crippen LogP contribution in [0.15, 0.2) is 0 Å². The Balaban J connectivity index is 5.29. The minimum absolute atomic E-state index is 0.664. The smallest absolute Gasteiger partial charge is 0.167 e. The van der Waals surface area contributed by atoms with Gasteiger partial charge in [0.1, 0.15) is 6.61 Å². The van der Waals surface area contributed by atoms with Gasteiger partial charge in [-0.05, 0) is 6.92 Å². The number of aliphatic hydroxyl groups excluding tert-OH is 5. The first kappa shape index (κ1) is 14.5. The van der Waals surface area contributed by atoms with E-state index in [1.54, 1.807) is 0 Å². The van der Waals surface area contributed by atoms with E-state index in [1.165, 1.54) is 6.92 Å². The summed E-state index contributed by atoms with van der Waals surface area (Å²) in [5.74, 6) is -0.734. The molecule has 0 aromatic carbocycles. The van der Waals surface area contributed by atoms with Gasteiger partial charge in [0.2, 0.25) is 0 Å².